The van der Waals surface area contributed by atoms with Gasteiger partial charge in [0.25, 0.3) is 5.56 Å². The lowest BCUT2D eigenvalue weighted by molar-refractivity contribution is -0.00390. The number of pyridine rings is 2. The molecule has 4 rings (SSSR count). The second kappa shape index (κ2) is 7.98. The molecule has 144 valence electrons. The third-order valence-electron chi connectivity index (χ3n) is 4.86. The molecule has 1 atom stereocenters. The molecule has 0 spiro atoms. The van der Waals surface area contributed by atoms with Gasteiger partial charge in [0.1, 0.15) is 5.82 Å². The normalized spacial score (nSPS) is 17.8. The van der Waals surface area contributed by atoms with Crippen LogP contribution in [0.4, 0.5) is 5.82 Å². The Hall–Kier alpha value is -1.93. The summed E-state index contributed by atoms with van der Waals surface area (Å²) >= 11 is 1.69. The van der Waals surface area contributed by atoms with Gasteiger partial charge in [0, 0.05) is 53.7 Å². The van der Waals surface area contributed by atoms with Crippen molar-refractivity contribution in [2.45, 2.75) is 19.5 Å². The molecule has 3 aromatic heterocycles. The van der Waals surface area contributed by atoms with E-state index >= 15 is 0 Å². The molecule has 1 aliphatic rings. The van der Waals surface area contributed by atoms with Crippen molar-refractivity contribution >= 4 is 39.6 Å². The molecule has 0 saturated carbocycles. The first-order valence-corrected chi connectivity index (χ1v) is 9.50. The first kappa shape index (κ1) is 19.8. The molecule has 6 nitrogen and oxygen atoms in total. The minimum Gasteiger partial charge on any atom is -0.384 e. The first-order chi connectivity index (χ1) is 12.5. The quantitative estimate of drug-likeness (QED) is 0.724. The van der Waals surface area contributed by atoms with Crippen molar-refractivity contribution in [3.8, 4) is 11.1 Å². The predicted molar refractivity (Wildman–Crippen MR) is 113 cm³/mol. The summed E-state index contributed by atoms with van der Waals surface area (Å²) in [6.45, 7) is 5.45. The third kappa shape index (κ3) is 3.87. The van der Waals surface area contributed by atoms with Gasteiger partial charge >= 0.3 is 0 Å². The lowest BCUT2D eigenvalue weighted by Crippen LogP contribution is -2.42. The Morgan fingerprint density at radius 2 is 2.22 bits per heavy atom. The Labute approximate surface area is 168 Å². The fraction of sp³-hybridized carbons (Fsp3) is 0.368. The average Bonchev–Trinajstić information content (AvgIpc) is 3.04. The van der Waals surface area contributed by atoms with Crippen LogP contribution in [0.1, 0.15) is 11.8 Å². The van der Waals surface area contributed by atoms with Gasteiger partial charge < -0.3 is 15.0 Å². The van der Waals surface area contributed by atoms with E-state index in [0.717, 1.165) is 47.5 Å². The number of anilines is 1. The molecular formula is C19H23ClN4O2S. The summed E-state index contributed by atoms with van der Waals surface area (Å²) in [6, 6.07) is 6.21. The van der Waals surface area contributed by atoms with E-state index in [9.17, 15) is 4.79 Å². The van der Waals surface area contributed by atoms with Crippen molar-refractivity contribution in [1.29, 1.82) is 0 Å². The van der Waals surface area contributed by atoms with E-state index in [1.807, 2.05) is 24.4 Å². The van der Waals surface area contributed by atoms with Gasteiger partial charge in [0.15, 0.2) is 0 Å². The smallest absolute Gasteiger partial charge is 0.259 e. The SMILES string of the molecule is CC1COCCN1Cc1cc2c(=O)n(C)cc(-c3ccnc(N)c3)c2s1.Cl. The number of hydrogen-bond donors (Lipinski definition) is 1. The maximum absolute atomic E-state index is 12.6. The Balaban J connectivity index is 0.00000210. The van der Waals surface area contributed by atoms with Gasteiger partial charge in [-0.25, -0.2) is 4.98 Å². The largest absolute Gasteiger partial charge is 0.384 e. The number of morpholine rings is 1. The van der Waals surface area contributed by atoms with Gasteiger partial charge in [0.2, 0.25) is 0 Å². The van der Waals surface area contributed by atoms with E-state index in [1.165, 1.54) is 4.88 Å². The van der Waals surface area contributed by atoms with Gasteiger partial charge in [0.05, 0.1) is 18.6 Å². The molecule has 1 saturated heterocycles. The Morgan fingerprint density at radius 1 is 1.41 bits per heavy atom. The number of nitrogens with two attached hydrogens (primary N) is 1. The highest BCUT2D eigenvalue weighted by molar-refractivity contribution is 7.19. The second-order valence-electron chi connectivity index (χ2n) is 6.78. The molecule has 0 aliphatic carbocycles. The summed E-state index contributed by atoms with van der Waals surface area (Å²) in [5.41, 5.74) is 7.88. The van der Waals surface area contributed by atoms with Gasteiger partial charge in [-0.3, -0.25) is 9.69 Å². The van der Waals surface area contributed by atoms with Crippen LogP contribution in [-0.4, -0.2) is 40.3 Å². The summed E-state index contributed by atoms with van der Waals surface area (Å²) in [6.07, 6.45) is 3.59. The van der Waals surface area contributed by atoms with Crippen LogP contribution in [0.5, 0.6) is 0 Å². The van der Waals surface area contributed by atoms with Crippen molar-refractivity contribution in [1.82, 2.24) is 14.5 Å². The monoisotopic (exact) mass is 406 g/mol. The highest BCUT2D eigenvalue weighted by atomic mass is 35.5. The Bertz CT molecular complexity index is 1020. The summed E-state index contributed by atoms with van der Waals surface area (Å²) in [4.78, 5) is 20.3. The Morgan fingerprint density at radius 3 is 2.96 bits per heavy atom. The van der Waals surface area contributed by atoms with E-state index in [1.54, 1.807) is 29.1 Å². The molecule has 0 amide bonds. The van der Waals surface area contributed by atoms with Crippen molar-refractivity contribution < 1.29 is 4.74 Å². The van der Waals surface area contributed by atoms with Crippen molar-refractivity contribution in [3.05, 3.63) is 45.8 Å². The topological polar surface area (TPSA) is 73.4 Å². The summed E-state index contributed by atoms with van der Waals surface area (Å²) in [7, 11) is 1.79. The number of ether oxygens (including phenoxy) is 1. The minimum absolute atomic E-state index is 0. The average molecular weight is 407 g/mol. The second-order valence-corrected chi connectivity index (χ2v) is 7.91. The van der Waals surface area contributed by atoms with Crippen LogP contribution in [0.2, 0.25) is 0 Å². The summed E-state index contributed by atoms with van der Waals surface area (Å²) in [5.74, 6) is 0.475. The zero-order chi connectivity index (χ0) is 18.3. The number of aromatic nitrogens is 2. The molecule has 0 bridgehead atoms. The first-order valence-electron chi connectivity index (χ1n) is 8.68. The van der Waals surface area contributed by atoms with Crippen molar-refractivity contribution in [2.75, 3.05) is 25.5 Å². The molecule has 4 heterocycles. The maximum Gasteiger partial charge on any atom is 0.259 e. The molecule has 27 heavy (non-hydrogen) atoms. The van der Waals surface area contributed by atoms with Gasteiger partial charge in [-0.2, -0.15) is 0 Å². The molecule has 2 N–H and O–H groups in total. The van der Waals surface area contributed by atoms with Crippen LogP contribution in [0.25, 0.3) is 21.2 Å². The molecule has 3 aromatic rings. The standard InChI is InChI=1S/C19H22N4O2S.ClH/c1-12-11-25-6-5-23(12)9-14-8-15-18(26-14)16(10-22(2)19(15)24)13-3-4-21-17(20)7-13;/h3-4,7-8,10,12H,5-6,9,11H2,1-2H3,(H2,20,21);1H. The zero-order valence-corrected chi connectivity index (χ0v) is 17.0. The number of halogens is 1. The number of nitrogen functional groups attached to an aromatic ring is 1. The van der Waals surface area contributed by atoms with Crippen LogP contribution >= 0.6 is 23.7 Å². The summed E-state index contributed by atoms with van der Waals surface area (Å²) in [5, 5.41) is 0.765. The number of rotatable bonds is 3. The predicted octanol–water partition coefficient (Wildman–Crippen LogP) is 2.89. The lowest BCUT2D eigenvalue weighted by atomic mass is 10.1. The maximum atomic E-state index is 12.6. The number of hydrogen-bond acceptors (Lipinski definition) is 6. The van der Waals surface area contributed by atoms with Crippen molar-refractivity contribution in [2.24, 2.45) is 7.05 Å². The van der Waals surface area contributed by atoms with Gasteiger partial charge in [-0.15, -0.1) is 23.7 Å². The highest BCUT2D eigenvalue weighted by Gasteiger charge is 2.21. The highest BCUT2D eigenvalue weighted by Crippen LogP contribution is 2.34. The molecule has 0 radical (unpaired) electrons. The molecule has 8 heteroatoms. The number of aryl methyl sites for hydroxylation is 1. The molecular weight excluding hydrogens is 384 g/mol. The fourth-order valence-corrected chi connectivity index (χ4v) is 4.60. The van der Waals surface area contributed by atoms with E-state index in [4.69, 9.17) is 10.5 Å². The Kier molecular flexibility index (Phi) is 5.86. The van der Waals surface area contributed by atoms with Crippen LogP contribution in [0.3, 0.4) is 0 Å². The molecule has 0 aromatic carbocycles. The van der Waals surface area contributed by atoms with E-state index < -0.39 is 0 Å². The lowest BCUT2D eigenvalue weighted by Gasteiger charge is -2.32. The fourth-order valence-electron chi connectivity index (χ4n) is 3.40. The number of thiophene rings is 1. The molecule has 1 fully saturated rings. The number of fused-ring (bicyclic) bond motifs is 1. The summed E-state index contributed by atoms with van der Waals surface area (Å²) < 4.78 is 8.17. The van der Waals surface area contributed by atoms with Crippen molar-refractivity contribution in [3.63, 3.8) is 0 Å². The van der Waals surface area contributed by atoms with Gasteiger partial charge in [-0.05, 0) is 30.7 Å². The van der Waals surface area contributed by atoms with Crippen LogP contribution in [-0.2, 0) is 18.3 Å². The number of nitrogens with zero attached hydrogens (tertiary/aromatic N) is 3. The van der Waals surface area contributed by atoms with Gasteiger partial charge in [-0.1, -0.05) is 0 Å². The van der Waals surface area contributed by atoms with Crippen LogP contribution < -0.4 is 11.3 Å². The van der Waals surface area contributed by atoms with Crippen LogP contribution in [0.15, 0.2) is 35.4 Å². The zero-order valence-electron chi connectivity index (χ0n) is 15.3. The van der Waals surface area contributed by atoms with E-state index in [2.05, 4.69) is 16.8 Å². The molecule has 1 unspecified atom stereocenters. The third-order valence-corrected chi connectivity index (χ3v) is 6.01. The van der Waals surface area contributed by atoms with Crippen LogP contribution in [0, 0.1) is 0 Å². The van der Waals surface area contributed by atoms with E-state index in [0.29, 0.717) is 11.9 Å². The van der Waals surface area contributed by atoms with E-state index in [-0.39, 0.29) is 18.0 Å². The molecule has 1 aliphatic heterocycles. The minimum atomic E-state index is 0.